The predicted octanol–water partition coefficient (Wildman–Crippen LogP) is 4.54. The minimum Gasteiger partial charge on any atom is -0.336 e. The molecule has 0 saturated carbocycles. The number of tetrazole rings is 1. The quantitative estimate of drug-likeness (QED) is 0.462. The zero-order valence-corrected chi connectivity index (χ0v) is 16.5. The summed E-state index contributed by atoms with van der Waals surface area (Å²) >= 11 is 1.37. The van der Waals surface area contributed by atoms with Crippen LogP contribution in [0, 0.1) is 0 Å². The second kappa shape index (κ2) is 6.85. The molecule has 3 aromatic carbocycles. The molecule has 6 aromatic rings. The van der Waals surface area contributed by atoms with E-state index in [1.807, 2.05) is 11.4 Å². The SMILES string of the molecule is c1ccc2c(c1)c1cc(-c3nn[nH]n3)ccc1n2Cc1ccc(-c2csnn2)cc1. The lowest BCUT2D eigenvalue weighted by Crippen LogP contribution is -1.99. The highest BCUT2D eigenvalue weighted by molar-refractivity contribution is 7.03. The number of fused-ring (bicyclic) bond motifs is 3. The molecule has 1 N–H and O–H groups in total. The maximum Gasteiger partial charge on any atom is 0.204 e. The summed E-state index contributed by atoms with van der Waals surface area (Å²) in [7, 11) is 0. The lowest BCUT2D eigenvalue weighted by molar-refractivity contribution is 0.869. The second-order valence-electron chi connectivity index (χ2n) is 7.06. The Morgan fingerprint density at radius 3 is 2.47 bits per heavy atom. The summed E-state index contributed by atoms with van der Waals surface area (Å²) in [5.74, 6) is 0.598. The Labute approximate surface area is 175 Å². The maximum atomic E-state index is 4.15. The summed E-state index contributed by atoms with van der Waals surface area (Å²) in [4.78, 5) is 0. The molecular weight excluding hydrogens is 394 g/mol. The zero-order valence-electron chi connectivity index (χ0n) is 15.7. The van der Waals surface area contributed by atoms with Crippen LogP contribution in [0.5, 0.6) is 0 Å². The van der Waals surface area contributed by atoms with Gasteiger partial charge in [-0.1, -0.05) is 47.0 Å². The largest absolute Gasteiger partial charge is 0.336 e. The molecule has 0 aliphatic rings. The summed E-state index contributed by atoms with van der Waals surface area (Å²) in [6.45, 7) is 0.779. The van der Waals surface area contributed by atoms with Crippen molar-refractivity contribution in [2.24, 2.45) is 0 Å². The molecule has 3 aromatic heterocycles. The van der Waals surface area contributed by atoms with Crippen LogP contribution < -0.4 is 0 Å². The number of para-hydroxylation sites is 1. The van der Waals surface area contributed by atoms with Crippen molar-refractivity contribution in [2.75, 3.05) is 0 Å². The average Bonchev–Trinajstić information content (AvgIpc) is 3.56. The van der Waals surface area contributed by atoms with Gasteiger partial charge >= 0.3 is 0 Å². The van der Waals surface area contributed by atoms with Crippen LogP contribution in [-0.2, 0) is 6.54 Å². The first-order valence-corrected chi connectivity index (χ1v) is 10.3. The van der Waals surface area contributed by atoms with Crippen LogP contribution in [0.25, 0.3) is 44.5 Å². The van der Waals surface area contributed by atoms with E-state index in [0.29, 0.717) is 5.82 Å². The number of hydrogen-bond acceptors (Lipinski definition) is 6. The van der Waals surface area contributed by atoms with Gasteiger partial charge in [-0.05, 0) is 46.6 Å². The van der Waals surface area contributed by atoms with Gasteiger partial charge in [-0.3, -0.25) is 0 Å². The van der Waals surface area contributed by atoms with Gasteiger partial charge in [-0.15, -0.1) is 15.3 Å². The Morgan fingerprint density at radius 2 is 1.67 bits per heavy atom. The van der Waals surface area contributed by atoms with Gasteiger partial charge in [-0.25, -0.2) is 0 Å². The van der Waals surface area contributed by atoms with Gasteiger partial charge < -0.3 is 4.57 Å². The van der Waals surface area contributed by atoms with Gasteiger partial charge in [0.25, 0.3) is 0 Å². The number of aromatic nitrogens is 7. The number of H-pyrrole nitrogens is 1. The van der Waals surface area contributed by atoms with Crippen LogP contribution in [-0.4, -0.2) is 34.8 Å². The van der Waals surface area contributed by atoms with E-state index in [1.165, 1.54) is 38.9 Å². The number of hydrogen-bond donors (Lipinski definition) is 1. The highest BCUT2D eigenvalue weighted by Crippen LogP contribution is 2.32. The molecule has 0 radical (unpaired) electrons. The summed E-state index contributed by atoms with van der Waals surface area (Å²) in [5, 5.41) is 22.9. The van der Waals surface area contributed by atoms with Crippen LogP contribution >= 0.6 is 11.5 Å². The van der Waals surface area contributed by atoms with Crippen LogP contribution in [0.1, 0.15) is 5.56 Å². The molecule has 0 bridgehead atoms. The molecule has 7 nitrogen and oxygen atoms in total. The smallest absolute Gasteiger partial charge is 0.204 e. The molecule has 0 saturated heterocycles. The van der Waals surface area contributed by atoms with Crippen LogP contribution in [0.3, 0.4) is 0 Å². The predicted molar refractivity (Wildman–Crippen MR) is 117 cm³/mol. The molecule has 0 fully saturated rings. The Morgan fingerprint density at radius 1 is 0.833 bits per heavy atom. The van der Waals surface area contributed by atoms with Crippen LogP contribution in [0.2, 0.25) is 0 Å². The molecule has 0 aliphatic carbocycles. The first-order valence-electron chi connectivity index (χ1n) is 9.48. The minimum atomic E-state index is 0.598. The maximum absolute atomic E-state index is 4.15. The average molecular weight is 409 g/mol. The van der Waals surface area contributed by atoms with Gasteiger partial charge in [-0.2, -0.15) is 5.21 Å². The van der Waals surface area contributed by atoms with Crippen molar-refractivity contribution >= 4 is 33.3 Å². The van der Waals surface area contributed by atoms with Gasteiger partial charge in [0.1, 0.15) is 5.69 Å². The van der Waals surface area contributed by atoms with Gasteiger partial charge in [0.05, 0.1) is 0 Å². The van der Waals surface area contributed by atoms with Gasteiger partial charge in [0.2, 0.25) is 5.82 Å². The third-order valence-electron chi connectivity index (χ3n) is 5.33. The number of nitrogens with one attached hydrogen (secondary N) is 1. The van der Waals surface area contributed by atoms with Crippen molar-refractivity contribution in [1.82, 2.24) is 34.8 Å². The molecule has 0 atom stereocenters. The van der Waals surface area contributed by atoms with E-state index in [0.717, 1.165) is 23.4 Å². The monoisotopic (exact) mass is 409 g/mol. The summed E-state index contributed by atoms with van der Waals surface area (Å²) in [6.07, 6.45) is 0. The molecule has 8 heteroatoms. The third-order valence-corrected chi connectivity index (χ3v) is 5.83. The molecule has 0 spiro atoms. The minimum absolute atomic E-state index is 0.598. The molecule has 0 amide bonds. The van der Waals surface area contributed by atoms with E-state index in [-0.39, 0.29) is 0 Å². The number of rotatable bonds is 4. The van der Waals surface area contributed by atoms with E-state index < -0.39 is 0 Å². The lowest BCUT2D eigenvalue weighted by Gasteiger charge is -2.09. The van der Waals surface area contributed by atoms with Crippen molar-refractivity contribution in [2.45, 2.75) is 6.54 Å². The summed E-state index contributed by atoms with van der Waals surface area (Å²) in [6, 6.07) is 23.3. The standard InChI is InChI=1S/C22H15N7S/c1-2-4-20-17(3-1)18-11-16(22-24-26-27-25-22)9-10-21(18)29(20)12-14-5-7-15(8-6-14)19-13-30-28-23-19/h1-11,13H,12H2,(H,24,25,26,27). The Kier molecular flexibility index (Phi) is 3.88. The fraction of sp³-hybridized carbons (Fsp3) is 0.0455. The van der Waals surface area contributed by atoms with Crippen molar-refractivity contribution in [1.29, 1.82) is 0 Å². The fourth-order valence-corrected chi connectivity index (χ4v) is 4.37. The Hall–Kier alpha value is -3.91. The fourth-order valence-electron chi connectivity index (χ4n) is 3.90. The van der Waals surface area contributed by atoms with E-state index in [4.69, 9.17) is 0 Å². The Balaban J connectivity index is 1.45. The van der Waals surface area contributed by atoms with Crippen molar-refractivity contribution in [3.8, 4) is 22.6 Å². The van der Waals surface area contributed by atoms with Gasteiger partial charge in [0.15, 0.2) is 0 Å². The molecule has 0 aliphatic heterocycles. The van der Waals surface area contributed by atoms with E-state index in [9.17, 15) is 0 Å². The van der Waals surface area contributed by atoms with E-state index in [1.54, 1.807) is 0 Å². The zero-order chi connectivity index (χ0) is 19.9. The highest BCUT2D eigenvalue weighted by atomic mass is 32.1. The van der Waals surface area contributed by atoms with Gasteiger partial charge in [0, 0.05) is 44.9 Å². The molecule has 0 unspecified atom stereocenters. The third kappa shape index (κ3) is 2.77. The first kappa shape index (κ1) is 17.0. The molecule has 3 heterocycles. The molecule has 30 heavy (non-hydrogen) atoms. The Bertz CT molecular complexity index is 1450. The summed E-state index contributed by atoms with van der Waals surface area (Å²) < 4.78 is 6.30. The van der Waals surface area contributed by atoms with E-state index in [2.05, 4.69) is 95.4 Å². The van der Waals surface area contributed by atoms with Crippen molar-refractivity contribution in [3.05, 3.63) is 77.7 Å². The number of nitrogens with zero attached hydrogens (tertiary/aromatic N) is 6. The van der Waals surface area contributed by atoms with Crippen LogP contribution in [0.15, 0.2) is 72.1 Å². The topological polar surface area (TPSA) is 85.2 Å². The lowest BCUT2D eigenvalue weighted by atomic mass is 10.1. The number of aromatic amines is 1. The van der Waals surface area contributed by atoms with Crippen molar-refractivity contribution in [3.63, 3.8) is 0 Å². The first-order chi connectivity index (χ1) is 14.9. The normalized spacial score (nSPS) is 11.5. The molecule has 144 valence electrons. The highest BCUT2D eigenvalue weighted by Gasteiger charge is 2.13. The van der Waals surface area contributed by atoms with Crippen LogP contribution in [0.4, 0.5) is 0 Å². The second-order valence-corrected chi connectivity index (χ2v) is 7.67. The number of benzene rings is 3. The molecular formula is C22H15N7S. The summed E-state index contributed by atoms with van der Waals surface area (Å²) in [5.41, 5.74) is 6.55. The van der Waals surface area contributed by atoms with Crippen molar-refractivity contribution < 1.29 is 0 Å². The van der Waals surface area contributed by atoms with E-state index >= 15 is 0 Å². The molecule has 6 rings (SSSR count).